The maximum atomic E-state index is 13.9. The zero-order valence-electron chi connectivity index (χ0n) is 15.1. The van der Waals surface area contributed by atoms with Gasteiger partial charge in [-0.1, -0.05) is 17.7 Å². The fraction of sp³-hybridized carbons (Fsp3) is 0.278. The first-order valence-electron chi connectivity index (χ1n) is 8.65. The van der Waals surface area contributed by atoms with Crippen molar-refractivity contribution in [3.8, 4) is 0 Å². The van der Waals surface area contributed by atoms with Crippen LogP contribution in [0, 0.1) is 15.9 Å². The Balaban J connectivity index is 1.65. The minimum atomic E-state index is -3.83. The molecule has 0 unspecified atom stereocenters. The number of carbonyl (C=O) groups is 1. The zero-order valence-corrected chi connectivity index (χ0v) is 16.7. The Labute approximate surface area is 171 Å². The lowest BCUT2D eigenvalue weighted by molar-refractivity contribution is -0.384. The molecule has 2 aromatic rings. The van der Waals surface area contributed by atoms with E-state index in [1.54, 1.807) is 0 Å². The molecular formula is C18H17ClFN3O5S. The summed E-state index contributed by atoms with van der Waals surface area (Å²) in [6.07, 6.45) is -0.208. The van der Waals surface area contributed by atoms with Gasteiger partial charge in [0.1, 0.15) is 5.82 Å². The van der Waals surface area contributed by atoms with Crippen LogP contribution in [0.3, 0.4) is 0 Å². The van der Waals surface area contributed by atoms with E-state index < -0.39 is 20.8 Å². The third-order valence-electron chi connectivity index (χ3n) is 4.67. The molecule has 2 aromatic carbocycles. The van der Waals surface area contributed by atoms with Crippen LogP contribution in [0.25, 0.3) is 0 Å². The first-order chi connectivity index (χ1) is 13.7. The smallest absolute Gasteiger partial charge is 0.269 e. The lowest BCUT2D eigenvalue weighted by atomic mass is 10.1. The molecule has 1 heterocycles. The number of rotatable bonds is 5. The number of nitro groups is 1. The predicted octanol–water partition coefficient (Wildman–Crippen LogP) is 2.46. The number of nitrogens with zero attached hydrogens (tertiary/aromatic N) is 3. The van der Waals surface area contributed by atoms with Crippen molar-refractivity contribution >= 4 is 33.2 Å². The first kappa shape index (κ1) is 21.2. The van der Waals surface area contributed by atoms with E-state index in [4.69, 9.17) is 11.6 Å². The summed E-state index contributed by atoms with van der Waals surface area (Å²) in [5.74, 6) is -0.908. The van der Waals surface area contributed by atoms with Gasteiger partial charge in [0, 0.05) is 48.9 Å². The van der Waals surface area contributed by atoms with Crippen LogP contribution >= 0.6 is 11.6 Å². The van der Waals surface area contributed by atoms with Crippen LogP contribution in [0.1, 0.15) is 5.56 Å². The highest BCUT2D eigenvalue weighted by Gasteiger charge is 2.30. The van der Waals surface area contributed by atoms with Crippen LogP contribution in [0.15, 0.2) is 47.4 Å². The first-order valence-corrected chi connectivity index (χ1v) is 10.5. The Bertz CT molecular complexity index is 1020. The zero-order chi connectivity index (χ0) is 21.2. The highest BCUT2D eigenvalue weighted by molar-refractivity contribution is 7.89. The van der Waals surface area contributed by atoms with Crippen molar-refractivity contribution in [1.29, 1.82) is 0 Å². The molecule has 0 radical (unpaired) electrons. The van der Waals surface area contributed by atoms with Crippen molar-refractivity contribution in [2.45, 2.75) is 11.3 Å². The number of piperazine rings is 1. The lowest BCUT2D eigenvalue weighted by Crippen LogP contribution is -2.50. The molecule has 0 spiro atoms. The van der Waals surface area contributed by atoms with Gasteiger partial charge in [-0.05, 0) is 24.3 Å². The third kappa shape index (κ3) is 4.55. The van der Waals surface area contributed by atoms with Crippen LogP contribution in [0.5, 0.6) is 0 Å². The molecule has 1 fully saturated rings. The summed E-state index contributed by atoms with van der Waals surface area (Å²) in [6, 6.07) is 8.81. The van der Waals surface area contributed by atoms with Gasteiger partial charge in [-0.15, -0.1) is 0 Å². The molecule has 0 aromatic heterocycles. The maximum Gasteiger partial charge on any atom is 0.269 e. The lowest BCUT2D eigenvalue weighted by Gasteiger charge is -2.34. The molecule has 0 N–H and O–H groups in total. The van der Waals surface area contributed by atoms with E-state index in [2.05, 4.69) is 0 Å². The molecule has 0 aliphatic carbocycles. The van der Waals surface area contributed by atoms with Gasteiger partial charge in [-0.3, -0.25) is 14.9 Å². The standard InChI is InChI=1S/C18H17ClFN3O5S/c19-16-2-1-3-17(20)15(16)12-18(24)21-8-10-22(11-9-21)29(27,28)14-6-4-13(5-7-14)23(25)26/h1-7H,8-12H2. The van der Waals surface area contributed by atoms with Crippen LogP contribution < -0.4 is 0 Å². The number of nitro benzene ring substituents is 1. The average Bonchev–Trinajstić information content (AvgIpc) is 2.71. The summed E-state index contributed by atoms with van der Waals surface area (Å²) >= 11 is 5.95. The Kier molecular flexibility index (Phi) is 6.15. The van der Waals surface area contributed by atoms with Gasteiger partial charge >= 0.3 is 0 Å². The number of amides is 1. The van der Waals surface area contributed by atoms with Crippen molar-refractivity contribution < 1.29 is 22.5 Å². The molecule has 11 heteroatoms. The van der Waals surface area contributed by atoms with Crippen LogP contribution in [0.4, 0.5) is 10.1 Å². The van der Waals surface area contributed by atoms with E-state index in [0.29, 0.717) is 0 Å². The molecule has 8 nitrogen and oxygen atoms in total. The van der Waals surface area contributed by atoms with Crippen molar-refractivity contribution in [2.75, 3.05) is 26.2 Å². The summed E-state index contributed by atoms with van der Waals surface area (Å²) < 4.78 is 40.5. The second kappa shape index (κ2) is 8.44. The number of sulfonamides is 1. The Morgan fingerprint density at radius 1 is 1.10 bits per heavy atom. The third-order valence-corrected chi connectivity index (χ3v) is 6.93. The summed E-state index contributed by atoms with van der Waals surface area (Å²) in [5, 5.41) is 10.9. The van der Waals surface area contributed by atoms with E-state index in [0.717, 1.165) is 12.1 Å². The molecule has 0 saturated carbocycles. The van der Waals surface area contributed by atoms with Gasteiger partial charge in [-0.25, -0.2) is 12.8 Å². The SMILES string of the molecule is O=C(Cc1c(F)cccc1Cl)N1CCN(S(=O)(=O)c2ccc([N+](=O)[O-])cc2)CC1. The molecule has 1 aliphatic heterocycles. The van der Waals surface area contributed by atoms with Gasteiger partial charge in [0.05, 0.1) is 16.2 Å². The van der Waals surface area contributed by atoms with Crippen molar-refractivity contribution in [2.24, 2.45) is 0 Å². The van der Waals surface area contributed by atoms with E-state index in [1.165, 1.54) is 39.5 Å². The monoisotopic (exact) mass is 441 g/mol. The van der Waals surface area contributed by atoms with Crippen molar-refractivity contribution in [3.63, 3.8) is 0 Å². The molecule has 1 amide bonds. The Morgan fingerprint density at radius 3 is 2.28 bits per heavy atom. The second-order valence-electron chi connectivity index (χ2n) is 6.41. The topological polar surface area (TPSA) is 101 Å². The normalized spacial score (nSPS) is 15.3. The largest absolute Gasteiger partial charge is 0.340 e. The fourth-order valence-electron chi connectivity index (χ4n) is 3.03. The van der Waals surface area contributed by atoms with Gasteiger partial charge < -0.3 is 4.90 Å². The molecule has 1 saturated heterocycles. The molecule has 154 valence electrons. The maximum absolute atomic E-state index is 13.9. The predicted molar refractivity (Wildman–Crippen MR) is 104 cm³/mol. The van der Waals surface area contributed by atoms with Crippen LogP contribution in [-0.2, 0) is 21.2 Å². The summed E-state index contributed by atoms with van der Waals surface area (Å²) in [4.78, 5) is 24.0. The number of halogens is 2. The number of benzene rings is 2. The van der Waals surface area contributed by atoms with Crippen molar-refractivity contribution in [1.82, 2.24) is 9.21 Å². The number of non-ortho nitro benzene ring substituents is 1. The van der Waals surface area contributed by atoms with E-state index in [-0.39, 0.29) is 59.7 Å². The molecule has 1 aliphatic rings. The second-order valence-corrected chi connectivity index (χ2v) is 8.76. The van der Waals surface area contributed by atoms with Gasteiger partial charge in [-0.2, -0.15) is 4.31 Å². The van der Waals surface area contributed by atoms with Crippen LogP contribution in [0.2, 0.25) is 5.02 Å². The quantitative estimate of drug-likeness (QED) is 0.524. The average molecular weight is 442 g/mol. The molecular weight excluding hydrogens is 425 g/mol. The van der Waals surface area contributed by atoms with E-state index >= 15 is 0 Å². The molecule has 29 heavy (non-hydrogen) atoms. The van der Waals surface area contributed by atoms with Crippen LogP contribution in [-0.4, -0.2) is 54.6 Å². The van der Waals surface area contributed by atoms with Crippen molar-refractivity contribution in [3.05, 3.63) is 69.0 Å². The highest BCUT2D eigenvalue weighted by atomic mass is 35.5. The minimum absolute atomic E-state index is 0.0546. The number of carbonyl (C=O) groups excluding carboxylic acids is 1. The van der Waals surface area contributed by atoms with Gasteiger partial charge in [0.15, 0.2) is 0 Å². The highest BCUT2D eigenvalue weighted by Crippen LogP contribution is 2.23. The summed E-state index contributed by atoms with van der Waals surface area (Å²) in [6.45, 7) is 0.431. The molecule has 0 bridgehead atoms. The Morgan fingerprint density at radius 2 is 1.72 bits per heavy atom. The fourth-order valence-corrected chi connectivity index (χ4v) is 4.68. The summed E-state index contributed by atoms with van der Waals surface area (Å²) in [5.41, 5.74) is -0.0914. The van der Waals surface area contributed by atoms with E-state index in [1.807, 2.05) is 0 Å². The van der Waals surface area contributed by atoms with E-state index in [9.17, 15) is 27.7 Å². The number of hydrogen-bond donors (Lipinski definition) is 0. The summed E-state index contributed by atoms with van der Waals surface area (Å²) in [7, 11) is -3.83. The Hall–Kier alpha value is -2.56. The molecule has 0 atom stereocenters. The van der Waals surface area contributed by atoms with Gasteiger partial charge in [0.25, 0.3) is 5.69 Å². The minimum Gasteiger partial charge on any atom is -0.340 e. The molecule has 3 rings (SSSR count). The number of hydrogen-bond acceptors (Lipinski definition) is 5. The van der Waals surface area contributed by atoms with Gasteiger partial charge in [0.2, 0.25) is 15.9 Å².